The van der Waals surface area contributed by atoms with E-state index in [1.807, 2.05) is 20.8 Å². The van der Waals surface area contributed by atoms with Crippen molar-refractivity contribution in [3.63, 3.8) is 0 Å². The monoisotopic (exact) mass is 269 g/mol. The molecule has 0 aromatic rings. The summed E-state index contributed by atoms with van der Waals surface area (Å²) in [5.41, 5.74) is 7.45. The first-order chi connectivity index (χ1) is 8.66. The van der Waals surface area contributed by atoms with Crippen LogP contribution in [0.2, 0.25) is 0 Å². The average Bonchev–Trinajstić information content (AvgIpc) is 2.57. The molecule has 0 aromatic heterocycles. The lowest BCUT2D eigenvalue weighted by molar-refractivity contribution is -0.149. The molecular formula is C13H23N3O3. The number of carbonyl (C=O) groups excluding carboxylic acids is 2. The highest BCUT2D eigenvalue weighted by Crippen LogP contribution is 2.56. The normalized spacial score (nSPS) is 29.9. The minimum absolute atomic E-state index is 0.166. The SMILES string of the molecule is COC(=O)[C@H]1CC[C@](C)(/C(C)=N/NC(N)=O)C1(C)C. The predicted molar refractivity (Wildman–Crippen MR) is 72.5 cm³/mol. The number of rotatable bonds is 3. The summed E-state index contributed by atoms with van der Waals surface area (Å²) in [6, 6.07) is -0.691. The average molecular weight is 269 g/mol. The van der Waals surface area contributed by atoms with Gasteiger partial charge in [0, 0.05) is 11.1 Å². The van der Waals surface area contributed by atoms with E-state index in [1.54, 1.807) is 0 Å². The van der Waals surface area contributed by atoms with Crippen molar-refractivity contribution >= 4 is 17.7 Å². The van der Waals surface area contributed by atoms with Gasteiger partial charge in [-0.2, -0.15) is 5.10 Å². The van der Waals surface area contributed by atoms with E-state index in [0.29, 0.717) is 0 Å². The van der Waals surface area contributed by atoms with Crippen molar-refractivity contribution in [2.75, 3.05) is 7.11 Å². The molecule has 6 heteroatoms. The Morgan fingerprint density at radius 1 is 1.37 bits per heavy atom. The molecule has 2 amide bonds. The molecule has 0 bridgehead atoms. The van der Waals surface area contributed by atoms with Gasteiger partial charge in [-0.05, 0) is 25.2 Å². The molecule has 1 saturated carbocycles. The highest BCUT2D eigenvalue weighted by Gasteiger charge is 2.56. The molecule has 0 spiro atoms. The molecule has 2 atom stereocenters. The summed E-state index contributed by atoms with van der Waals surface area (Å²) in [6.07, 6.45) is 1.56. The fourth-order valence-electron chi connectivity index (χ4n) is 2.96. The van der Waals surface area contributed by atoms with Crippen LogP contribution in [0.4, 0.5) is 4.79 Å². The first-order valence-corrected chi connectivity index (χ1v) is 6.35. The molecule has 1 rings (SSSR count). The van der Waals surface area contributed by atoms with Gasteiger partial charge in [-0.3, -0.25) is 4.79 Å². The Morgan fingerprint density at radius 2 is 1.95 bits per heavy atom. The Balaban J connectivity index is 3.03. The molecule has 3 N–H and O–H groups in total. The van der Waals surface area contributed by atoms with E-state index in [0.717, 1.165) is 18.6 Å². The van der Waals surface area contributed by atoms with Gasteiger partial charge in [-0.1, -0.05) is 20.8 Å². The molecule has 19 heavy (non-hydrogen) atoms. The Bertz CT molecular complexity index is 417. The minimum Gasteiger partial charge on any atom is -0.469 e. The molecule has 108 valence electrons. The van der Waals surface area contributed by atoms with Crippen LogP contribution in [0.15, 0.2) is 5.10 Å². The Labute approximate surface area is 113 Å². The van der Waals surface area contributed by atoms with Gasteiger partial charge in [0.2, 0.25) is 0 Å². The van der Waals surface area contributed by atoms with Crippen LogP contribution in [-0.2, 0) is 9.53 Å². The molecule has 0 radical (unpaired) electrons. The van der Waals surface area contributed by atoms with Crippen molar-refractivity contribution in [2.24, 2.45) is 27.6 Å². The zero-order valence-corrected chi connectivity index (χ0v) is 12.2. The number of amides is 2. The van der Waals surface area contributed by atoms with Gasteiger partial charge in [-0.25, -0.2) is 10.2 Å². The Kier molecular flexibility index (Phi) is 4.22. The lowest BCUT2D eigenvalue weighted by atomic mass is 9.63. The van der Waals surface area contributed by atoms with E-state index in [1.165, 1.54) is 7.11 Å². The second-order valence-electron chi connectivity index (χ2n) is 5.84. The number of hydrogen-bond donors (Lipinski definition) is 2. The van der Waals surface area contributed by atoms with Crippen LogP contribution in [-0.4, -0.2) is 24.8 Å². The van der Waals surface area contributed by atoms with Crippen LogP contribution in [0.25, 0.3) is 0 Å². The lowest BCUT2D eigenvalue weighted by Crippen LogP contribution is -2.43. The van der Waals surface area contributed by atoms with E-state index in [2.05, 4.69) is 17.5 Å². The Hall–Kier alpha value is -1.59. The number of hydrazone groups is 1. The van der Waals surface area contributed by atoms with E-state index >= 15 is 0 Å². The number of urea groups is 1. The number of primary amides is 1. The second kappa shape index (κ2) is 5.19. The van der Waals surface area contributed by atoms with Crippen LogP contribution in [0, 0.1) is 16.7 Å². The largest absolute Gasteiger partial charge is 0.469 e. The summed E-state index contributed by atoms with van der Waals surface area (Å²) in [7, 11) is 1.41. The zero-order chi connectivity index (χ0) is 14.8. The van der Waals surface area contributed by atoms with Gasteiger partial charge in [0.15, 0.2) is 0 Å². The molecule has 0 unspecified atom stereocenters. The molecule has 0 saturated heterocycles. The molecule has 6 nitrogen and oxygen atoms in total. The number of esters is 1. The number of methoxy groups -OCH3 is 1. The van der Waals surface area contributed by atoms with Gasteiger partial charge in [0.25, 0.3) is 0 Å². The first kappa shape index (κ1) is 15.5. The minimum atomic E-state index is -0.691. The van der Waals surface area contributed by atoms with Crippen LogP contribution < -0.4 is 11.2 Å². The summed E-state index contributed by atoms with van der Waals surface area (Å²) in [5.74, 6) is -0.356. The highest BCUT2D eigenvalue weighted by molar-refractivity contribution is 5.91. The zero-order valence-electron chi connectivity index (χ0n) is 12.2. The standard InChI is InChI=1S/C13H23N3O3/c1-8(15-16-11(14)18)13(4)7-6-9(10(17)19-5)12(13,2)3/h9H,6-7H2,1-5H3,(H3,14,16,18)/b15-8+/t9-,13-/m1/s1. The van der Waals surface area contributed by atoms with Crippen molar-refractivity contribution in [1.82, 2.24) is 5.43 Å². The fraction of sp³-hybridized carbons (Fsp3) is 0.769. The maximum absolute atomic E-state index is 11.9. The van der Waals surface area contributed by atoms with Crippen molar-refractivity contribution in [3.05, 3.63) is 0 Å². The van der Waals surface area contributed by atoms with Gasteiger partial charge < -0.3 is 10.5 Å². The van der Waals surface area contributed by atoms with Gasteiger partial charge in [-0.15, -0.1) is 0 Å². The number of nitrogens with two attached hydrogens (primary N) is 1. The number of carbonyl (C=O) groups is 2. The summed E-state index contributed by atoms with van der Waals surface area (Å²) >= 11 is 0. The summed E-state index contributed by atoms with van der Waals surface area (Å²) in [4.78, 5) is 22.6. The van der Waals surface area contributed by atoms with Gasteiger partial charge in [0.05, 0.1) is 13.0 Å². The smallest absolute Gasteiger partial charge is 0.332 e. The van der Waals surface area contributed by atoms with E-state index < -0.39 is 6.03 Å². The van der Waals surface area contributed by atoms with Crippen LogP contribution >= 0.6 is 0 Å². The maximum Gasteiger partial charge on any atom is 0.332 e. The number of ether oxygens (including phenoxy) is 1. The van der Waals surface area contributed by atoms with Crippen LogP contribution in [0.5, 0.6) is 0 Å². The van der Waals surface area contributed by atoms with Crippen molar-refractivity contribution < 1.29 is 14.3 Å². The molecule has 1 aliphatic rings. The van der Waals surface area contributed by atoms with Crippen LogP contribution in [0.1, 0.15) is 40.5 Å². The van der Waals surface area contributed by atoms with Crippen molar-refractivity contribution in [3.8, 4) is 0 Å². The third-order valence-electron chi connectivity index (χ3n) is 4.84. The summed E-state index contributed by atoms with van der Waals surface area (Å²) in [6.45, 7) is 7.96. The third-order valence-corrected chi connectivity index (χ3v) is 4.84. The van der Waals surface area contributed by atoms with Crippen LogP contribution in [0.3, 0.4) is 0 Å². The fourth-order valence-corrected chi connectivity index (χ4v) is 2.96. The van der Waals surface area contributed by atoms with Gasteiger partial charge >= 0.3 is 12.0 Å². The molecule has 0 aromatic carbocycles. The second-order valence-corrected chi connectivity index (χ2v) is 5.84. The topological polar surface area (TPSA) is 93.8 Å². The van der Waals surface area contributed by atoms with E-state index in [-0.39, 0.29) is 22.7 Å². The molecule has 1 fully saturated rings. The van der Waals surface area contributed by atoms with Crippen molar-refractivity contribution in [2.45, 2.75) is 40.5 Å². The molecule has 0 aliphatic heterocycles. The number of nitrogens with one attached hydrogen (secondary N) is 1. The van der Waals surface area contributed by atoms with Gasteiger partial charge in [0.1, 0.15) is 0 Å². The lowest BCUT2D eigenvalue weighted by Gasteiger charge is -2.40. The van der Waals surface area contributed by atoms with E-state index in [9.17, 15) is 9.59 Å². The van der Waals surface area contributed by atoms with E-state index in [4.69, 9.17) is 10.5 Å². The first-order valence-electron chi connectivity index (χ1n) is 6.35. The summed E-state index contributed by atoms with van der Waals surface area (Å²) in [5, 5.41) is 4.03. The number of hydrogen-bond acceptors (Lipinski definition) is 4. The molecule has 1 aliphatic carbocycles. The highest BCUT2D eigenvalue weighted by atomic mass is 16.5. The quantitative estimate of drug-likeness (QED) is 0.463. The Morgan fingerprint density at radius 3 is 2.42 bits per heavy atom. The predicted octanol–water partition coefficient (Wildman–Crippen LogP) is 1.65. The number of nitrogens with zero attached hydrogens (tertiary/aromatic N) is 1. The molecule has 0 heterocycles. The maximum atomic E-state index is 11.9. The third kappa shape index (κ3) is 2.57. The van der Waals surface area contributed by atoms with Crippen molar-refractivity contribution in [1.29, 1.82) is 0 Å². The molecular weight excluding hydrogens is 246 g/mol. The summed E-state index contributed by atoms with van der Waals surface area (Å²) < 4.78 is 4.87.